The van der Waals surface area contributed by atoms with Crippen LogP contribution in [0.2, 0.25) is 0 Å². The van der Waals surface area contributed by atoms with Crippen LogP contribution in [0.25, 0.3) is 0 Å². The average Bonchev–Trinajstić information content (AvgIpc) is 2.60. The highest BCUT2D eigenvalue weighted by molar-refractivity contribution is 5.95. The van der Waals surface area contributed by atoms with Crippen LogP contribution in [0, 0.1) is 0 Å². The van der Waals surface area contributed by atoms with E-state index in [4.69, 9.17) is 5.11 Å². The third kappa shape index (κ3) is 4.56. The molecule has 1 aromatic heterocycles. The molecule has 0 aliphatic heterocycles. The number of carbonyl (C=O) groups is 2. The first-order valence-corrected chi connectivity index (χ1v) is 7.96. The number of hydrogen-bond donors (Lipinski definition) is 2. The van der Waals surface area contributed by atoms with E-state index in [1.54, 1.807) is 0 Å². The lowest BCUT2D eigenvalue weighted by Gasteiger charge is -2.26. The molecule has 0 unspecified atom stereocenters. The van der Waals surface area contributed by atoms with E-state index in [0.717, 1.165) is 11.4 Å². The van der Waals surface area contributed by atoms with Crippen molar-refractivity contribution in [2.45, 2.75) is 19.3 Å². The maximum atomic E-state index is 12.3. The van der Waals surface area contributed by atoms with Gasteiger partial charge in [-0.1, -0.05) is 19.9 Å². The third-order valence-corrected chi connectivity index (χ3v) is 4.07. The van der Waals surface area contributed by atoms with Gasteiger partial charge < -0.3 is 15.3 Å². The molecular formula is C19H23N3O3. The summed E-state index contributed by atoms with van der Waals surface area (Å²) in [6.07, 6.45) is 1.82. The minimum atomic E-state index is -1.01. The van der Waals surface area contributed by atoms with Gasteiger partial charge in [0.25, 0.3) is 5.91 Å². The van der Waals surface area contributed by atoms with Gasteiger partial charge in [0.05, 0.1) is 5.56 Å². The molecule has 0 saturated carbocycles. The number of rotatable bonds is 6. The first-order valence-electron chi connectivity index (χ1n) is 7.96. The second kappa shape index (κ2) is 7.34. The fourth-order valence-corrected chi connectivity index (χ4v) is 2.32. The lowest BCUT2D eigenvalue weighted by molar-refractivity contribution is 0.0696. The van der Waals surface area contributed by atoms with Crippen molar-refractivity contribution in [3.63, 3.8) is 0 Å². The molecule has 0 atom stereocenters. The van der Waals surface area contributed by atoms with Gasteiger partial charge in [0, 0.05) is 37.8 Å². The molecule has 0 bridgehead atoms. The maximum Gasteiger partial charge on any atom is 0.335 e. The van der Waals surface area contributed by atoms with E-state index < -0.39 is 5.97 Å². The summed E-state index contributed by atoms with van der Waals surface area (Å²) in [6.45, 7) is 4.51. The zero-order valence-electron chi connectivity index (χ0n) is 14.9. The van der Waals surface area contributed by atoms with E-state index in [0.29, 0.717) is 12.1 Å². The van der Waals surface area contributed by atoms with Crippen molar-refractivity contribution in [1.29, 1.82) is 0 Å². The van der Waals surface area contributed by atoms with E-state index in [2.05, 4.69) is 10.3 Å². The van der Waals surface area contributed by atoms with Crippen molar-refractivity contribution in [1.82, 2.24) is 10.3 Å². The van der Waals surface area contributed by atoms with Gasteiger partial charge in [-0.25, -0.2) is 9.78 Å². The first kappa shape index (κ1) is 18.4. The number of aromatic nitrogens is 1. The summed E-state index contributed by atoms with van der Waals surface area (Å²) in [5.74, 6) is -0.369. The van der Waals surface area contributed by atoms with Crippen LogP contribution in [0.4, 0.5) is 5.82 Å². The highest BCUT2D eigenvalue weighted by Crippen LogP contribution is 2.23. The van der Waals surface area contributed by atoms with E-state index in [1.165, 1.54) is 24.3 Å². The van der Waals surface area contributed by atoms with Crippen LogP contribution in [0.5, 0.6) is 0 Å². The number of amides is 1. The second-order valence-electron chi connectivity index (χ2n) is 6.75. The summed E-state index contributed by atoms with van der Waals surface area (Å²) in [5.41, 5.74) is 1.33. The highest BCUT2D eigenvalue weighted by atomic mass is 16.4. The fourth-order valence-electron chi connectivity index (χ4n) is 2.32. The number of carboxylic acid groups (broad SMARTS) is 1. The van der Waals surface area contributed by atoms with Gasteiger partial charge in [-0.3, -0.25) is 4.79 Å². The second-order valence-corrected chi connectivity index (χ2v) is 6.75. The standard InChI is InChI=1S/C19H23N3O3/c1-19(2,15-9-10-16(20-11-15)22(3)4)12-21-17(23)13-5-7-14(8-6-13)18(24)25/h5-11H,12H2,1-4H3,(H,21,23)(H,24,25). The van der Waals surface area contributed by atoms with Crippen molar-refractivity contribution in [2.24, 2.45) is 0 Å². The molecule has 0 radical (unpaired) electrons. The van der Waals surface area contributed by atoms with Crippen LogP contribution < -0.4 is 10.2 Å². The van der Waals surface area contributed by atoms with Gasteiger partial charge in [0.1, 0.15) is 5.82 Å². The third-order valence-electron chi connectivity index (χ3n) is 4.07. The fraction of sp³-hybridized carbons (Fsp3) is 0.316. The zero-order chi connectivity index (χ0) is 18.6. The summed E-state index contributed by atoms with van der Waals surface area (Å²) in [5, 5.41) is 11.8. The van der Waals surface area contributed by atoms with Gasteiger partial charge in [0.2, 0.25) is 0 Å². The van der Waals surface area contributed by atoms with Gasteiger partial charge >= 0.3 is 5.97 Å². The molecule has 2 N–H and O–H groups in total. The summed E-state index contributed by atoms with van der Waals surface area (Å²) >= 11 is 0. The zero-order valence-corrected chi connectivity index (χ0v) is 14.9. The number of nitrogens with one attached hydrogen (secondary N) is 1. The number of pyridine rings is 1. The number of benzene rings is 1. The molecule has 0 spiro atoms. The highest BCUT2D eigenvalue weighted by Gasteiger charge is 2.22. The summed E-state index contributed by atoms with van der Waals surface area (Å²) in [6, 6.07) is 9.83. The number of carboxylic acids is 1. The molecule has 6 nitrogen and oxygen atoms in total. The Morgan fingerprint density at radius 2 is 1.68 bits per heavy atom. The molecule has 0 aliphatic carbocycles. The summed E-state index contributed by atoms with van der Waals surface area (Å²) in [7, 11) is 3.87. The molecular weight excluding hydrogens is 318 g/mol. The number of hydrogen-bond acceptors (Lipinski definition) is 4. The molecule has 1 heterocycles. The Balaban J connectivity index is 2.02. The molecule has 1 amide bonds. The maximum absolute atomic E-state index is 12.3. The molecule has 132 valence electrons. The number of anilines is 1. The van der Waals surface area contributed by atoms with Crippen LogP contribution in [-0.4, -0.2) is 42.6 Å². The van der Waals surface area contributed by atoms with Gasteiger partial charge in [-0.15, -0.1) is 0 Å². The molecule has 6 heteroatoms. The summed E-state index contributed by atoms with van der Waals surface area (Å²) in [4.78, 5) is 29.5. The normalized spacial score (nSPS) is 11.0. The Labute approximate surface area is 147 Å². The molecule has 2 rings (SSSR count). The SMILES string of the molecule is CN(C)c1ccc(C(C)(C)CNC(=O)c2ccc(C(=O)O)cc2)cn1. The topological polar surface area (TPSA) is 82.5 Å². The predicted octanol–water partition coefficient (Wildman–Crippen LogP) is 2.55. The average molecular weight is 341 g/mol. The predicted molar refractivity (Wildman–Crippen MR) is 97.3 cm³/mol. The van der Waals surface area contributed by atoms with Crippen LogP contribution in [0.15, 0.2) is 42.6 Å². The van der Waals surface area contributed by atoms with Crippen LogP contribution in [-0.2, 0) is 5.41 Å². The van der Waals surface area contributed by atoms with Crippen LogP contribution in [0.1, 0.15) is 40.1 Å². The quantitative estimate of drug-likeness (QED) is 0.844. The van der Waals surface area contributed by atoms with E-state index >= 15 is 0 Å². The Kier molecular flexibility index (Phi) is 5.41. The Morgan fingerprint density at radius 1 is 1.08 bits per heavy atom. The molecule has 0 saturated heterocycles. The van der Waals surface area contributed by atoms with Gasteiger partial charge in [-0.2, -0.15) is 0 Å². The monoisotopic (exact) mass is 341 g/mol. The van der Waals surface area contributed by atoms with E-state index in [-0.39, 0.29) is 16.9 Å². The minimum absolute atomic E-state index is 0.156. The van der Waals surface area contributed by atoms with Gasteiger partial charge in [-0.05, 0) is 35.9 Å². The van der Waals surface area contributed by atoms with Crippen molar-refractivity contribution < 1.29 is 14.7 Å². The molecule has 2 aromatic rings. The van der Waals surface area contributed by atoms with Crippen molar-refractivity contribution in [2.75, 3.05) is 25.5 Å². The van der Waals surface area contributed by atoms with Crippen LogP contribution >= 0.6 is 0 Å². The van der Waals surface area contributed by atoms with Crippen LogP contribution in [0.3, 0.4) is 0 Å². The van der Waals surface area contributed by atoms with Crippen molar-refractivity contribution >= 4 is 17.7 Å². The largest absolute Gasteiger partial charge is 0.478 e. The number of carbonyl (C=O) groups excluding carboxylic acids is 1. The summed E-state index contributed by atoms with van der Waals surface area (Å²) < 4.78 is 0. The van der Waals surface area contributed by atoms with E-state index in [9.17, 15) is 9.59 Å². The minimum Gasteiger partial charge on any atom is -0.478 e. The molecule has 0 aliphatic rings. The number of nitrogens with zero attached hydrogens (tertiary/aromatic N) is 2. The molecule has 0 fully saturated rings. The van der Waals surface area contributed by atoms with Gasteiger partial charge in [0.15, 0.2) is 0 Å². The molecule has 25 heavy (non-hydrogen) atoms. The Bertz CT molecular complexity index is 750. The lowest BCUT2D eigenvalue weighted by atomic mass is 9.85. The van der Waals surface area contributed by atoms with Crippen molar-refractivity contribution in [3.05, 3.63) is 59.3 Å². The Morgan fingerprint density at radius 3 is 2.16 bits per heavy atom. The van der Waals surface area contributed by atoms with Crippen molar-refractivity contribution in [3.8, 4) is 0 Å². The smallest absolute Gasteiger partial charge is 0.335 e. The van der Waals surface area contributed by atoms with E-state index in [1.807, 2.05) is 51.2 Å². The number of aromatic carboxylic acids is 1. The first-order chi connectivity index (χ1) is 11.7. The Hall–Kier alpha value is -2.89. The molecule has 1 aromatic carbocycles. The lowest BCUT2D eigenvalue weighted by Crippen LogP contribution is -2.36.